The predicted octanol–water partition coefficient (Wildman–Crippen LogP) is 3.51. The van der Waals surface area contributed by atoms with Gasteiger partial charge in [0, 0.05) is 35.2 Å². The molecule has 3 aliphatic rings. The number of aryl methyl sites for hydroxylation is 1. The van der Waals surface area contributed by atoms with Gasteiger partial charge in [-0.3, -0.25) is 9.59 Å². The van der Waals surface area contributed by atoms with E-state index < -0.39 is 0 Å². The maximum Gasteiger partial charge on any atom is 0.223 e. The second-order valence-corrected chi connectivity index (χ2v) is 9.85. The molecule has 1 fully saturated rings. The van der Waals surface area contributed by atoms with Crippen molar-refractivity contribution < 1.29 is 9.59 Å². The molecule has 7 nitrogen and oxygen atoms in total. The summed E-state index contributed by atoms with van der Waals surface area (Å²) < 4.78 is 0. The molecule has 3 heterocycles. The van der Waals surface area contributed by atoms with Crippen LogP contribution in [0, 0.1) is 11.8 Å². The van der Waals surface area contributed by atoms with Crippen molar-refractivity contribution in [2.75, 3.05) is 11.9 Å². The van der Waals surface area contributed by atoms with Crippen molar-refractivity contribution in [2.24, 2.45) is 11.8 Å². The lowest BCUT2D eigenvalue weighted by Crippen LogP contribution is -2.35. The molecule has 1 unspecified atom stereocenters. The Labute approximate surface area is 183 Å². The third-order valence-corrected chi connectivity index (χ3v) is 7.47. The third-order valence-electron chi connectivity index (χ3n) is 6.50. The van der Waals surface area contributed by atoms with Crippen molar-refractivity contribution in [1.82, 2.24) is 20.3 Å². The second kappa shape index (κ2) is 7.37. The lowest BCUT2D eigenvalue weighted by molar-refractivity contribution is -0.125. The van der Waals surface area contributed by atoms with Crippen LogP contribution in [0.15, 0.2) is 29.4 Å². The maximum atomic E-state index is 12.7. The molecule has 1 amide bonds. The van der Waals surface area contributed by atoms with Crippen molar-refractivity contribution in [2.45, 2.75) is 43.4 Å². The highest BCUT2D eigenvalue weighted by Crippen LogP contribution is 2.38. The number of anilines is 2. The number of nitrogens with one attached hydrogen (secondary N) is 3. The van der Waals surface area contributed by atoms with E-state index in [1.165, 1.54) is 24.6 Å². The van der Waals surface area contributed by atoms with Gasteiger partial charge in [0.05, 0.1) is 5.39 Å². The normalized spacial score (nSPS) is 19.9. The van der Waals surface area contributed by atoms with Crippen LogP contribution in [-0.2, 0) is 28.9 Å². The van der Waals surface area contributed by atoms with Crippen LogP contribution < -0.4 is 10.6 Å². The molecule has 1 atom stereocenters. The number of nitrogens with zero attached hydrogens (tertiary/aromatic N) is 2. The SMILES string of the molecule is O=C1Cc2ccc(Nc3ncnc4[nH]c5c(c34)CC(C(=O)NCC3CC3)CC5)cc2S1. The van der Waals surface area contributed by atoms with E-state index in [0.717, 1.165) is 63.6 Å². The van der Waals surface area contributed by atoms with Crippen molar-refractivity contribution >= 4 is 45.3 Å². The highest BCUT2D eigenvalue weighted by molar-refractivity contribution is 8.14. The van der Waals surface area contributed by atoms with E-state index in [1.54, 1.807) is 6.33 Å². The summed E-state index contributed by atoms with van der Waals surface area (Å²) in [6.45, 7) is 0.810. The summed E-state index contributed by atoms with van der Waals surface area (Å²) in [6, 6.07) is 5.99. The van der Waals surface area contributed by atoms with Crippen LogP contribution in [0.1, 0.15) is 36.1 Å². The van der Waals surface area contributed by atoms with Crippen LogP contribution >= 0.6 is 11.8 Å². The first kappa shape index (κ1) is 18.9. The molecule has 0 bridgehead atoms. The number of carbonyl (C=O) groups excluding carboxylic acids is 2. The van der Waals surface area contributed by atoms with Crippen LogP contribution in [-0.4, -0.2) is 32.5 Å². The van der Waals surface area contributed by atoms with E-state index in [0.29, 0.717) is 18.8 Å². The Morgan fingerprint density at radius 2 is 2.13 bits per heavy atom. The molecule has 1 aromatic carbocycles. The molecule has 1 aliphatic heterocycles. The first-order valence-electron chi connectivity index (χ1n) is 10.9. The van der Waals surface area contributed by atoms with E-state index >= 15 is 0 Å². The average molecular weight is 434 g/mol. The summed E-state index contributed by atoms with van der Waals surface area (Å²) in [5, 5.41) is 7.71. The largest absolute Gasteiger partial charge is 0.356 e. The Hall–Kier alpha value is -2.87. The molecule has 2 aliphatic carbocycles. The van der Waals surface area contributed by atoms with Crippen LogP contribution in [0.3, 0.4) is 0 Å². The molecule has 6 rings (SSSR count). The van der Waals surface area contributed by atoms with Crippen molar-refractivity contribution in [3.05, 3.63) is 41.3 Å². The number of amides is 1. The predicted molar refractivity (Wildman–Crippen MR) is 119 cm³/mol. The van der Waals surface area contributed by atoms with Crippen molar-refractivity contribution in [1.29, 1.82) is 0 Å². The van der Waals surface area contributed by atoms with Gasteiger partial charge in [0.2, 0.25) is 5.91 Å². The number of benzene rings is 1. The smallest absolute Gasteiger partial charge is 0.223 e. The van der Waals surface area contributed by atoms with Gasteiger partial charge in [-0.25, -0.2) is 9.97 Å². The molecule has 158 valence electrons. The molecule has 2 aromatic heterocycles. The van der Waals surface area contributed by atoms with Crippen molar-refractivity contribution in [3.63, 3.8) is 0 Å². The standard InChI is InChI=1S/C23H23N5O2S/c29-19-8-13-3-5-15(9-18(13)31-19)27-21-20-16-7-14(23(30)24-10-12-1-2-12)4-6-17(16)28-22(20)26-11-25-21/h3,5,9,11-12,14H,1-2,4,6-8,10H2,(H,24,30)(H2,25,26,27,28). The fraction of sp³-hybridized carbons (Fsp3) is 0.391. The Kier molecular flexibility index (Phi) is 4.49. The minimum Gasteiger partial charge on any atom is -0.356 e. The monoisotopic (exact) mass is 433 g/mol. The molecular formula is C23H23N5O2S. The average Bonchev–Trinajstić information content (AvgIpc) is 3.41. The summed E-state index contributed by atoms with van der Waals surface area (Å²) in [6.07, 6.45) is 6.90. The molecule has 1 saturated carbocycles. The molecular weight excluding hydrogens is 410 g/mol. The highest BCUT2D eigenvalue weighted by atomic mass is 32.2. The summed E-state index contributed by atoms with van der Waals surface area (Å²) in [4.78, 5) is 37.8. The number of rotatable bonds is 5. The Balaban J connectivity index is 1.29. The number of aromatic amines is 1. The van der Waals surface area contributed by atoms with Gasteiger partial charge in [0.15, 0.2) is 5.12 Å². The van der Waals surface area contributed by atoms with Gasteiger partial charge < -0.3 is 15.6 Å². The Bertz CT molecular complexity index is 1220. The van der Waals surface area contributed by atoms with Gasteiger partial charge in [0.25, 0.3) is 0 Å². The summed E-state index contributed by atoms with van der Waals surface area (Å²) in [7, 11) is 0. The summed E-state index contributed by atoms with van der Waals surface area (Å²) >= 11 is 1.30. The molecule has 0 spiro atoms. The van der Waals surface area contributed by atoms with E-state index in [4.69, 9.17) is 0 Å². The molecule has 0 radical (unpaired) electrons. The first-order chi connectivity index (χ1) is 15.1. The van der Waals surface area contributed by atoms with E-state index in [1.807, 2.05) is 18.2 Å². The molecule has 0 saturated heterocycles. The van der Waals surface area contributed by atoms with E-state index in [-0.39, 0.29) is 16.9 Å². The highest BCUT2D eigenvalue weighted by Gasteiger charge is 2.30. The van der Waals surface area contributed by atoms with Crippen LogP contribution in [0.5, 0.6) is 0 Å². The zero-order valence-corrected chi connectivity index (χ0v) is 17.8. The molecule has 31 heavy (non-hydrogen) atoms. The zero-order chi connectivity index (χ0) is 20.9. The van der Waals surface area contributed by atoms with Crippen LogP contribution in [0.2, 0.25) is 0 Å². The maximum absolute atomic E-state index is 12.7. The molecule has 8 heteroatoms. The van der Waals surface area contributed by atoms with Gasteiger partial charge in [-0.2, -0.15) is 0 Å². The Morgan fingerprint density at radius 3 is 3.00 bits per heavy atom. The van der Waals surface area contributed by atoms with Gasteiger partial charge in [-0.15, -0.1) is 0 Å². The minimum atomic E-state index is -0.0132. The summed E-state index contributed by atoms with van der Waals surface area (Å²) in [5.74, 6) is 1.57. The number of carbonyl (C=O) groups is 2. The number of hydrogen-bond donors (Lipinski definition) is 3. The van der Waals surface area contributed by atoms with Crippen LogP contribution in [0.25, 0.3) is 11.0 Å². The number of thioether (sulfide) groups is 1. The molecule has 3 aromatic rings. The number of hydrogen-bond acceptors (Lipinski definition) is 6. The first-order valence-corrected chi connectivity index (χ1v) is 11.7. The number of aromatic nitrogens is 3. The van der Waals surface area contributed by atoms with Gasteiger partial charge in [-0.05, 0) is 61.3 Å². The number of fused-ring (bicyclic) bond motifs is 4. The Morgan fingerprint density at radius 1 is 1.23 bits per heavy atom. The van der Waals surface area contributed by atoms with Gasteiger partial charge >= 0.3 is 0 Å². The quantitative estimate of drug-likeness (QED) is 0.569. The van der Waals surface area contributed by atoms with Crippen molar-refractivity contribution in [3.8, 4) is 0 Å². The van der Waals surface area contributed by atoms with Gasteiger partial charge in [0.1, 0.15) is 17.8 Å². The van der Waals surface area contributed by atoms with Crippen LogP contribution in [0.4, 0.5) is 11.5 Å². The lowest BCUT2D eigenvalue weighted by atomic mass is 9.86. The van der Waals surface area contributed by atoms with E-state index in [9.17, 15) is 9.59 Å². The zero-order valence-electron chi connectivity index (χ0n) is 17.0. The third kappa shape index (κ3) is 3.59. The fourth-order valence-corrected chi connectivity index (χ4v) is 5.53. The lowest BCUT2D eigenvalue weighted by Gasteiger charge is -2.22. The fourth-order valence-electron chi connectivity index (χ4n) is 4.60. The minimum absolute atomic E-state index is 0.0132. The number of H-pyrrole nitrogens is 1. The molecule has 3 N–H and O–H groups in total. The van der Waals surface area contributed by atoms with E-state index in [2.05, 4.69) is 25.6 Å². The van der Waals surface area contributed by atoms with Gasteiger partial charge in [-0.1, -0.05) is 17.8 Å². The summed E-state index contributed by atoms with van der Waals surface area (Å²) in [5.41, 5.74) is 5.06. The second-order valence-electron chi connectivity index (χ2n) is 8.75. The topological polar surface area (TPSA) is 99.8 Å².